The third-order valence-electron chi connectivity index (χ3n) is 2.95. The molecule has 0 aromatic carbocycles. The molecule has 2 aromatic heterocycles. The van der Waals surface area contributed by atoms with E-state index < -0.39 is 5.97 Å². The van der Waals surface area contributed by atoms with E-state index >= 15 is 0 Å². The molecule has 0 saturated carbocycles. The van der Waals surface area contributed by atoms with Crippen LogP contribution < -0.4 is 4.74 Å². The first-order valence-electron chi connectivity index (χ1n) is 6.25. The molecule has 0 radical (unpaired) electrons. The van der Waals surface area contributed by atoms with Crippen molar-refractivity contribution in [3.8, 4) is 5.88 Å². The Hall–Kier alpha value is -2.47. The second kappa shape index (κ2) is 5.49. The van der Waals surface area contributed by atoms with Gasteiger partial charge in [0.2, 0.25) is 11.8 Å². The molecule has 6 heteroatoms. The van der Waals surface area contributed by atoms with Crippen LogP contribution in [-0.4, -0.2) is 24.0 Å². The van der Waals surface area contributed by atoms with Gasteiger partial charge in [0.15, 0.2) is 5.70 Å². The molecule has 106 valence electrons. The zero-order valence-corrected chi connectivity index (χ0v) is 12.3. The number of hydrogen-bond acceptors (Lipinski definition) is 6. The zero-order chi connectivity index (χ0) is 14.8. The summed E-state index contributed by atoms with van der Waals surface area (Å²) in [7, 11) is 1.56. The first kappa shape index (κ1) is 13.5. The molecule has 3 heterocycles. The Morgan fingerprint density at radius 2 is 2.19 bits per heavy atom. The molecule has 1 aliphatic rings. The Morgan fingerprint density at radius 1 is 1.33 bits per heavy atom. The molecule has 0 amide bonds. The van der Waals surface area contributed by atoms with Crippen molar-refractivity contribution in [1.29, 1.82) is 0 Å². The monoisotopic (exact) mass is 300 g/mol. The number of aryl methyl sites for hydroxylation is 1. The van der Waals surface area contributed by atoms with Crippen molar-refractivity contribution >= 4 is 29.3 Å². The van der Waals surface area contributed by atoms with Crippen molar-refractivity contribution in [1.82, 2.24) is 4.98 Å². The topological polar surface area (TPSA) is 60.8 Å². The molecular formula is C15H12N2O3S. The molecule has 0 atom stereocenters. The van der Waals surface area contributed by atoms with E-state index in [-0.39, 0.29) is 5.70 Å². The Bertz CT molecular complexity index is 748. The predicted molar refractivity (Wildman–Crippen MR) is 80.5 cm³/mol. The van der Waals surface area contributed by atoms with Crippen molar-refractivity contribution in [2.24, 2.45) is 4.99 Å². The fraction of sp³-hybridized carbons (Fsp3) is 0.133. The Morgan fingerprint density at radius 3 is 2.86 bits per heavy atom. The molecule has 0 spiro atoms. The second-order valence-corrected chi connectivity index (χ2v) is 5.29. The maximum Gasteiger partial charge on any atom is 0.363 e. The lowest BCUT2D eigenvalue weighted by molar-refractivity contribution is -0.129. The highest BCUT2D eigenvalue weighted by Crippen LogP contribution is 2.22. The fourth-order valence-electron chi connectivity index (χ4n) is 1.88. The first-order chi connectivity index (χ1) is 10.2. The molecule has 0 saturated heterocycles. The standard InChI is InChI=1S/C15H12N2O3S/c1-9-10(5-6-13(16-9)19-2)8-11-15(18)20-14(17-11)12-4-3-7-21-12/h3-8H,1-2H3/b11-8-. The van der Waals surface area contributed by atoms with Gasteiger partial charge in [0.25, 0.3) is 0 Å². The summed E-state index contributed by atoms with van der Waals surface area (Å²) in [5.41, 5.74) is 1.84. The number of hydrogen-bond donors (Lipinski definition) is 0. The molecule has 1 aliphatic heterocycles. The molecule has 2 aromatic rings. The minimum Gasteiger partial charge on any atom is -0.481 e. The zero-order valence-electron chi connectivity index (χ0n) is 11.5. The normalized spacial score (nSPS) is 16.0. The van der Waals surface area contributed by atoms with Gasteiger partial charge in [-0.05, 0) is 36.1 Å². The molecule has 5 nitrogen and oxygen atoms in total. The number of cyclic esters (lactones) is 1. The highest BCUT2D eigenvalue weighted by molar-refractivity contribution is 7.12. The minimum atomic E-state index is -0.450. The summed E-state index contributed by atoms with van der Waals surface area (Å²) in [4.78, 5) is 21.2. The van der Waals surface area contributed by atoms with Gasteiger partial charge in [-0.3, -0.25) is 0 Å². The summed E-state index contributed by atoms with van der Waals surface area (Å²) in [5.74, 6) is 0.431. The van der Waals surface area contributed by atoms with E-state index in [1.807, 2.05) is 30.5 Å². The molecule has 0 N–H and O–H groups in total. The molecule has 0 unspecified atom stereocenters. The summed E-state index contributed by atoms with van der Waals surface area (Å²) in [5, 5.41) is 1.91. The summed E-state index contributed by atoms with van der Waals surface area (Å²) in [6.07, 6.45) is 1.67. The first-order valence-corrected chi connectivity index (χ1v) is 7.13. The maximum absolute atomic E-state index is 11.9. The summed E-state index contributed by atoms with van der Waals surface area (Å²) < 4.78 is 10.2. The molecule has 0 aliphatic carbocycles. The van der Waals surface area contributed by atoms with Gasteiger partial charge in [0.05, 0.1) is 12.0 Å². The number of thiophene rings is 1. The van der Waals surface area contributed by atoms with Crippen molar-refractivity contribution < 1.29 is 14.3 Å². The van der Waals surface area contributed by atoms with Crippen molar-refractivity contribution in [3.05, 3.63) is 51.5 Å². The van der Waals surface area contributed by atoms with Crippen LogP contribution in [0.3, 0.4) is 0 Å². The van der Waals surface area contributed by atoms with Gasteiger partial charge < -0.3 is 9.47 Å². The SMILES string of the molecule is COc1ccc(/C=C2\N=C(c3cccs3)OC2=O)c(C)n1. The predicted octanol–water partition coefficient (Wildman–Crippen LogP) is 2.80. The van der Waals surface area contributed by atoms with Crippen LogP contribution in [0.5, 0.6) is 5.88 Å². The lowest BCUT2D eigenvalue weighted by Crippen LogP contribution is -2.03. The fourth-order valence-corrected chi connectivity index (χ4v) is 2.53. The number of ether oxygens (including phenoxy) is 2. The number of nitrogens with zero attached hydrogens (tertiary/aromatic N) is 2. The molecule has 0 bridgehead atoms. The second-order valence-electron chi connectivity index (χ2n) is 4.34. The Kier molecular flexibility index (Phi) is 3.53. The number of carbonyl (C=O) groups is 1. The van der Waals surface area contributed by atoms with Crippen LogP contribution in [0, 0.1) is 6.92 Å². The smallest absolute Gasteiger partial charge is 0.363 e. The van der Waals surface area contributed by atoms with Crippen LogP contribution >= 0.6 is 11.3 Å². The van der Waals surface area contributed by atoms with E-state index in [9.17, 15) is 4.79 Å². The highest BCUT2D eigenvalue weighted by Gasteiger charge is 2.24. The van der Waals surface area contributed by atoms with Crippen LogP contribution in [0.15, 0.2) is 40.3 Å². The van der Waals surface area contributed by atoms with E-state index in [0.29, 0.717) is 11.8 Å². The number of pyridine rings is 1. The molecule has 0 fully saturated rings. The van der Waals surface area contributed by atoms with Crippen molar-refractivity contribution in [2.45, 2.75) is 6.92 Å². The van der Waals surface area contributed by atoms with E-state index in [4.69, 9.17) is 9.47 Å². The van der Waals surface area contributed by atoms with E-state index in [1.54, 1.807) is 19.3 Å². The Labute approximate surface area is 125 Å². The number of aliphatic imine (C=N–C) groups is 1. The summed E-state index contributed by atoms with van der Waals surface area (Å²) in [6, 6.07) is 7.32. The van der Waals surface area contributed by atoms with Gasteiger partial charge in [-0.15, -0.1) is 11.3 Å². The number of esters is 1. The van der Waals surface area contributed by atoms with Gasteiger partial charge in [-0.1, -0.05) is 6.07 Å². The third-order valence-corrected chi connectivity index (χ3v) is 3.81. The summed E-state index contributed by atoms with van der Waals surface area (Å²) >= 11 is 1.47. The number of carbonyl (C=O) groups excluding carboxylic acids is 1. The van der Waals surface area contributed by atoms with Gasteiger partial charge in [0, 0.05) is 11.8 Å². The number of aromatic nitrogens is 1. The van der Waals surface area contributed by atoms with Crippen LogP contribution in [0.1, 0.15) is 16.1 Å². The number of methoxy groups -OCH3 is 1. The van der Waals surface area contributed by atoms with Crippen LogP contribution in [0.4, 0.5) is 0 Å². The van der Waals surface area contributed by atoms with E-state index in [1.165, 1.54) is 11.3 Å². The van der Waals surface area contributed by atoms with Gasteiger partial charge in [-0.25, -0.2) is 14.8 Å². The lowest BCUT2D eigenvalue weighted by atomic mass is 10.2. The number of rotatable bonds is 3. The maximum atomic E-state index is 11.9. The van der Waals surface area contributed by atoms with Gasteiger partial charge >= 0.3 is 5.97 Å². The lowest BCUT2D eigenvalue weighted by Gasteiger charge is -2.03. The average Bonchev–Trinajstić information content (AvgIpc) is 3.11. The Balaban J connectivity index is 1.94. The third kappa shape index (κ3) is 2.71. The highest BCUT2D eigenvalue weighted by atomic mass is 32.1. The largest absolute Gasteiger partial charge is 0.481 e. The molecule has 3 rings (SSSR count). The van der Waals surface area contributed by atoms with Crippen molar-refractivity contribution in [2.75, 3.05) is 7.11 Å². The van der Waals surface area contributed by atoms with Crippen LogP contribution in [0.25, 0.3) is 6.08 Å². The summed E-state index contributed by atoms with van der Waals surface area (Å²) in [6.45, 7) is 1.85. The van der Waals surface area contributed by atoms with E-state index in [0.717, 1.165) is 16.1 Å². The van der Waals surface area contributed by atoms with E-state index in [2.05, 4.69) is 9.98 Å². The van der Waals surface area contributed by atoms with Crippen LogP contribution in [-0.2, 0) is 9.53 Å². The molecular weight excluding hydrogens is 288 g/mol. The van der Waals surface area contributed by atoms with Gasteiger partial charge in [-0.2, -0.15) is 0 Å². The quantitative estimate of drug-likeness (QED) is 0.646. The van der Waals surface area contributed by atoms with Gasteiger partial charge in [0.1, 0.15) is 0 Å². The van der Waals surface area contributed by atoms with Crippen LogP contribution in [0.2, 0.25) is 0 Å². The minimum absolute atomic E-state index is 0.272. The molecule has 21 heavy (non-hydrogen) atoms. The average molecular weight is 300 g/mol. The van der Waals surface area contributed by atoms with Crippen molar-refractivity contribution in [3.63, 3.8) is 0 Å².